The molecule has 492 valence electrons. The Labute approximate surface area is 505 Å². The molecular formula is C64H124O17P2. The van der Waals surface area contributed by atoms with Gasteiger partial charge in [0.2, 0.25) is 0 Å². The number of carbonyl (C=O) groups excluding carboxylic acids is 4. The molecule has 0 saturated carbocycles. The van der Waals surface area contributed by atoms with Crippen molar-refractivity contribution in [2.45, 2.75) is 330 Å². The minimum absolute atomic E-state index is 0.105. The van der Waals surface area contributed by atoms with Crippen LogP contribution in [0.2, 0.25) is 0 Å². The van der Waals surface area contributed by atoms with E-state index in [9.17, 15) is 43.2 Å². The van der Waals surface area contributed by atoms with E-state index in [1.54, 1.807) is 0 Å². The number of hydrogen-bond donors (Lipinski definition) is 3. The van der Waals surface area contributed by atoms with Gasteiger partial charge < -0.3 is 33.8 Å². The summed E-state index contributed by atoms with van der Waals surface area (Å²) in [5.74, 6) is 0.0205. The summed E-state index contributed by atoms with van der Waals surface area (Å²) in [5, 5.41) is 10.5. The van der Waals surface area contributed by atoms with E-state index in [1.807, 2.05) is 0 Å². The van der Waals surface area contributed by atoms with E-state index in [0.717, 1.165) is 108 Å². The van der Waals surface area contributed by atoms with Crippen LogP contribution in [0.3, 0.4) is 0 Å². The van der Waals surface area contributed by atoms with Crippen LogP contribution >= 0.6 is 15.6 Å². The third kappa shape index (κ3) is 58.8. The van der Waals surface area contributed by atoms with Gasteiger partial charge in [0.25, 0.3) is 0 Å². The molecular weight excluding hydrogens is 1100 g/mol. The lowest BCUT2D eigenvalue weighted by Crippen LogP contribution is -2.30. The number of aliphatic hydroxyl groups is 1. The number of ether oxygens (including phenoxy) is 4. The highest BCUT2D eigenvalue weighted by Crippen LogP contribution is 2.45. The maximum absolute atomic E-state index is 13.0. The molecule has 0 spiro atoms. The number of unbranched alkanes of at least 4 members (excludes halogenated alkanes) is 30. The minimum Gasteiger partial charge on any atom is -0.462 e. The Balaban J connectivity index is 5.24. The van der Waals surface area contributed by atoms with Gasteiger partial charge in [0.1, 0.15) is 19.3 Å². The fraction of sp³-hybridized carbons (Fsp3) is 0.938. The second-order valence-electron chi connectivity index (χ2n) is 24.6. The smallest absolute Gasteiger partial charge is 0.462 e. The Morgan fingerprint density at radius 1 is 0.325 bits per heavy atom. The summed E-state index contributed by atoms with van der Waals surface area (Å²) in [6.45, 7) is 11.7. The molecule has 0 bridgehead atoms. The normalized spacial score (nSPS) is 14.4. The van der Waals surface area contributed by atoms with Gasteiger partial charge >= 0.3 is 39.5 Å². The molecule has 0 rings (SSSR count). The summed E-state index contributed by atoms with van der Waals surface area (Å²) in [4.78, 5) is 72.2. The summed E-state index contributed by atoms with van der Waals surface area (Å²) in [7, 11) is -9.89. The van der Waals surface area contributed by atoms with Crippen molar-refractivity contribution in [2.24, 2.45) is 17.8 Å². The molecule has 0 aromatic heterocycles. The lowest BCUT2D eigenvalue weighted by atomic mass is 10.0. The van der Waals surface area contributed by atoms with Gasteiger partial charge in [0.15, 0.2) is 12.2 Å². The number of rotatable bonds is 62. The number of aliphatic hydroxyl groups excluding tert-OH is 1. The van der Waals surface area contributed by atoms with Gasteiger partial charge in [-0.25, -0.2) is 9.13 Å². The van der Waals surface area contributed by atoms with Crippen LogP contribution in [0.4, 0.5) is 0 Å². The highest BCUT2D eigenvalue weighted by Gasteiger charge is 2.30. The summed E-state index contributed by atoms with van der Waals surface area (Å²) in [6, 6.07) is 0. The number of carbonyl (C=O) groups is 4. The van der Waals surface area contributed by atoms with Gasteiger partial charge in [0, 0.05) is 25.7 Å². The third-order valence-electron chi connectivity index (χ3n) is 14.6. The third-order valence-corrected chi connectivity index (χ3v) is 16.5. The Bertz CT molecular complexity index is 1650. The zero-order chi connectivity index (χ0) is 61.7. The number of esters is 4. The average Bonchev–Trinajstić information content (AvgIpc) is 3.43. The summed E-state index contributed by atoms with van der Waals surface area (Å²) in [5.41, 5.74) is 0. The van der Waals surface area contributed by atoms with Crippen molar-refractivity contribution >= 4 is 39.5 Å². The van der Waals surface area contributed by atoms with Crippen LogP contribution < -0.4 is 0 Å². The van der Waals surface area contributed by atoms with Crippen molar-refractivity contribution in [3.8, 4) is 0 Å². The maximum atomic E-state index is 13.0. The first kappa shape index (κ1) is 81.1. The maximum Gasteiger partial charge on any atom is 0.472 e. The van der Waals surface area contributed by atoms with Crippen molar-refractivity contribution in [3.05, 3.63) is 0 Å². The van der Waals surface area contributed by atoms with Crippen molar-refractivity contribution in [2.75, 3.05) is 39.6 Å². The number of hydrogen-bond acceptors (Lipinski definition) is 15. The molecule has 17 nitrogen and oxygen atoms in total. The van der Waals surface area contributed by atoms with E-state index >= 15 is 0 Å². The van der Waals surface area contributed by atoms with E-state index in [4.69, 9.17) is 37.0 Å². The molecule has 19 heteroatoms. The second-order valence-corrected chi connectivity index (χ2v) is 27.5. The van der Waals surface area contributed by atoms with Crippen LogP contribution in [-0.4, -0.2) is 96.7 Å². The molecule has 83 heavy (non-hydrogen) atoms. The van der Waals surface area contributed by atoms with Crippen LogP contribution in [-0.2, 0) is 65.4 Å². The van der Waals surface area contributed by atoms with Crippen LogP contribution in [0.5, 0.6) is 0 Å². The highest BCUT2D eigenvalue weighted by molar-refractivity contribution is 7.47. The first-order chi connectivity index (χ1) is 39.7. The van der Waals surface area contributed by atoms with Gasteiger partial charge in [-0.2, -0.15) is 0 Å². The fourth-order valence-electron chi connectivity index (χ4n) is 9.48. The fourth-order valence-corrected chi connectivity index (χ4v) is 11.1. The predicted molar refractivity (Wildman–Crippen MR) is 331 cm³/mol. The second kappa shape index (κ2) is 55.4. The molecule has 0 aromatic rings. The van der Waals surface area contributed by atoms with Gasteiger partial charge in [0.05, 0.1) is 26.4 Å². The molecule has 0 aliphatic carbocycles. The summed E-state index contributed by atoms with van der Waals surface area (Å²) in [6.07, 6.45) is 36.3. The van der Waals surface area contributed by atoms with Gasteiger partial charge in [-0.3, -0.25) is 37.3 Å². The predicted octanol–water partition coefficient (Wildman–Crippen LogP) is 17.5. The molecule has 0 aliphatic heterocycles. The molecule has 5 atom stereocenters. The molecule has 0 aromatic carbocycles. The lowest BCUT2D eigenvalue weighted by molar-refractivity contribution is -0.161. The van der Waals surface area contributed by atoms with Gasteiger partial charge in [-0.15, -0.1) is 0 Å². The molecule has 0 aliphatic rings. The van der Waals surface area contributed by atoms with Crippen LogP contribution in [0.15, 0.2) is 0 Å². The lowest BCUT2D eigenvalue weighted by Gasteiger charge is -2.21. The standard InChI is InChI=1S/C64H124O17P2/c1-8-9-10-11-12-13-17-24-33-40-47-63(68)81-60(52-75-62(67)46-39-32-27-26-30-37-44-57(6)7)54-79-83(72,73)77-50-58(65)49-76-82(70,71)78-53-59(51-74-61(66)45-38-31-23-20-19-22-29-36-43-56(4)5)80-64(69)48-41-34-25-18-15-14-16-21-28-35-42-55(2)3/h55-60,65H,8-54H2,1-7H3,(H,70,71)(H,72,73)/t58-,59-,60-/m1/s1. The monoisotopic (exact) mass is 1230 g/mol. The topological polar surface area (TPSA) is 237 Å². The van der Waals surface area contributed by atoms with E-state index in [-0.39, 0.29) is 25.7 Å². The van der Waals surface area contributed by atoms with Crippen molar-refractivity contribution in [1.29, 1.82) is 0 Å². The summed E-state index contributed by atoms with van der Waals surface area (Å²) >= 11 is 0. The van der Waals surface area contributed by atoms with Crippen LogP contribution in [0.25, 0.3) is 0 Å². The van der Waals surface area contributed by atoms with Crippen molar-refractivity contribution < 1.29 is 80.2 Å². The molecule has 0 fully saturated rings. The molecule has 2 unspecified atom stereocenters. The van der Waals surface area contributed by atoms with Crippen LogP contribution in [0, 0.1) is 17.8 Å². The van der Waals surface area contributed by atoms with E-state index in [0.29, 0.717) is 31.6 Å². The van der Waals surface area contributed by atoms with Crippen molar-refractivity contribution in [1.82, 2.24) is 0 Å². The first-order valence-corrected chi connectivity index (χ1v) is 36.3. The highest BCUT2D eigenvalue weighted by atomic mass is 31.2. The van der Waals surface area contributed by atoms with E-state index in [2.05, 4.69) is 48.5 Å². The number of phosphoric ester groups is 2. The zero-order valence-corrected chi connectivity index (χ0v) is 55.4. The zero-order valence-electron chi connectivity index (χ0n) is 53.6. The Morgan fingerprint density at radius 3 is 0.819 bits per heavy atom. The van der Waals surface area contributed by atoms with E-state index < -0.39 is 97.5 Å². The van der Waals surface area contributed by atoms with Crippen molar-refractivity contribution in [3.63, 3.8) is 0 Å². The minimum atomic E-state index is -4.94. The van der Waals surface area contributed by atoms with Crippen LogP contribution in [0.1, 0.15) is 312 Å². The Hall–Kier alpha value is -1.94. The molecule has 0 radical (unpaired) electrons. The number of phosphoric acid groups is 2. The quantitative estimate of drug-likeness (QED) is 0.0222. The molecule has 0 amide bonds. The molecule has 3 N–H and O–H groups in total. The average molecular weight is 1230 g/mol. The first-order valence-electron chi connectivity index (χ1n) is 33.3. The molecule has 0 saturated heterocycles. The summed E-state index contributed by atoms with van der Waals surface area (Å²) < 4.78 is 68.0. The van der Waals surface area contributed by atoms with Gasteiger partial charge in [-0.1, -0.05) is 260 Å². The van der Waals surface area contributed by atoms with E-state index in [1.165, 1.54) is 116 Å². The van der Waals surface area contributed by atoms with Gasteiger partial charge in [-0.05, 0) is 43.4 Å². The Morgan fingerprint density at radius 2 is 0.554 bits per heavy atom. The Kier molecular flexibility index (Phi) is 54.1. The SMILES string of the molecule is CCCCCCCCCCCCC(=O)O[C@H](COC(=O)CCCCCCCCC(C)C)COP(=O)(O)OC[C@H](O)COP(=O)(O)OC[C@@H](COC(=O)CCCCCCCCCCC(C)C)OC(=O)CCCCCCCCCCCCC(C)C. The molecule has 0 heterocycles. The largest absolute Gasteiger partial charge is 0.472 e.